The summed E-state index contributed by atoms with van der Waals surface area (Å²) in [7, 11) is 0. The molecule has 3 aromatic heterocycles. The van der Waals surface area contributed by atoms with Crippen molar-refractivity contribution in [3.8, 4) is 11.4 Å². The molecule has 0 saturated carbocycles. The molecule has 0 aliphatic heterocycles. The molecule has 0 atom stereocenters. The van der Waals surface area contributed by atoms with E-state index in [0.29, 0.717) is 15.6 Å². The summed E-state index contributed by atoms with van der Waals surface area (Å²) in [5, 5.41) is 5.16. The summed E-state index contributed by atoms with van der Waals surface area (Å²) in [5.41, 5.74) is 3.27. The third kappa shape index (κ3) is 2.89. The minimum absolute atomic E-state index is 0.182. The van der Waals surface area contributed by atoms with E-state index in [4.69, 9.17) is 11.6 Å². The fourth-order valence-corrected chi connectivity index (χ4v) is 3.32. The molecule has 7 heteroatoms. The fraction of sp³-hybridized carbons (Fsp3) is 0. The molecule has 0 aliphatic carbocycles. The lowest BCUT2D eigenvalue weighted by Gasteiger charge is -2.03. The van der Waals surface area contributed by atoms with Crippen molar-refractivity contribution in [3.05, 3.63) is 64.1 Å². The molecule has 24 heavy (non-hydrogen) atoms. The van der Waals surface area contributed by atoms with Crippen LogP contribution in [0, 0.1) is 0 Å². The van der Waals surface area contributed by atoms with Gasteiger partial charge in [0.05, 0.1) is 20.9 Å². The molecule has 2 N–H and O–H groups in total. The zero-order valence-corrected chi connectivity index (χ0v) is 13.9. The van der Waals surface area contributed by atoms with Crippen molar-refractivity contribution in [2.24, 2.45) is 0 Å². The first-order chi connectivity index (χ1) is 11.7. The average Bonchev–Trinajstić information content (AvgIpc) is 3.21. The highest BCUT2D eigenvalue weighted by molar-refractivity contribution is 7.12. The quantitative estimate of drug-likeness (QED) is 0.565. The van der Waals surface area contributed by atoms with Crippen LogP contribution in [0.2, 0.25) is 5.02 Å². The summed E-state index contributed by atoms with van der Waals surface area (Å²) in [4.78, 5) is 24.7. The number of aromatic amines is 1. The van der Waals surface area contributed by atoms with E-state index in [-0.39, 0.29) is 5.91 Å². The molecule has 0 spiro atoms. The van der Waals surface area contributed by atoms with Crippen LogP contribution >= 0.6 is 22.9 Å². The van der Waals surface area contributed by atoms with Crippen molar-refractivity contribution in [1.82, 2.24) is 15.0 Å². The highest BCUT2D eigenvalue weighted by Crippen LogP contribution is 2.24. The Bertz CT molecular complexity index is 1030. The molecular formula is C17H11ClN4OS. The minimum Gasteiger partial charge on any atom is -0.338 e. The Hall–Kier alpha value is -2.70. The van der Waals surface area contributed by atoms with Crippen molar-refractivity contribution in [2.45, 2.75) is 0 Å². The molecule has 0 unspecified atom stereocenters. The van der Waals surface area contributed by atoms with Gasteiger partial charge in [-0.25, -0.2) is 4.98 Å². The van der Waals surface area contributed by atoms with Crippen LogP contribution in [0.5, 0.6) is 0 Å². The van der Waals surface area contributed by atoms with Crippen LogP contribution in [0.3, 0.4) is 0 Å². The molecule has 118 valence electrons. The Morgan fingerprint density at radius 2 is 2.17 bits per heavy atom. The van der Waals surface area contributed by atoms with E-state index in [1.54, 1.807) is 23.8 Å². The van der Waals surface area contributed by atoms with Crippen molar-refractivity contribution < 1.29 is 4.79 Å². The van der Waals surface area contributed by atoms with Crippen LogP contribution in [-0.4, -0.2) is 20.9 Å². The van der Waals surface area contributed by atoms with Gasteiger partial charge in [0.25, 0.3) is 5.91 Å². The molecule has 3 heterocycles. The largest absolute Gasteiger partial charge is 0.338 e. The number of imidazole rings is 1. The molecule has 0 bridgehead atoms. The molecule has 1 amide bonds. The Morgan fingerprint density at radius 1 is 1.25 bits per heavy atom. The lowest BCUT2D eigenvalue weighted by molar-refractivity contribution is 0.103. The first-order valence-corrected chi connectivity index (χ1v) is 8.40. The van der Waals surface area contributed by atoms with Gasteiger partial charge >= 0.3 is 0 Å². The predicted molar refractivity (Wildman–Crippen MR) is 96.6 cm³/mol. The summed E-state index contributed by atoms with van der Waals surface area (Å²) < 4.78 is 0. The van der Waals surface area contributed by atoms with Crippen LogP contribution in [0.4, 0.5) is 5.69 Å². The van der Waals surface area contributed by atoms with Gasteiger partial charge in [0.2, 0.25) is 0 Å². The fourth-order valence-electron chi connectivity index (χ4n) is 2.35. The number of fused-ring (bicyclic) bond motifs is 1. The number of H-pyrrole nitrogens is 1. The smallest absolute Gasteiger partial charge is 0.265 e. The van der Waals surface area contributed by atoms with E-state index in [0.717, 1.165) is 22.4 Å². The molecular weight excluding hydrogens is 344 g/mol. The summed E-state index contributed by atoms with van der Waals surface area (Å²) in [6.07, 6.45) is 3.47. The number of thiophene rings is 1. The minimum atomic E-state index is -0.182. The number of nitrogens with zero attached hydrogens (tertiary/aromatic N) is 2. The zero-order chi connectivity index (χ0) is 16.5. The highest BCUT2D eigenvalue weighted by atomic mass is 35.5. The lowest BCUT2D eigenvalue weighted by atomic mass is 10.2. The van der Waals surface area contributed by atoms with Gasteiger partial charge in [0.1, 0.15) is 5.82 Å². The van der Waals surface area contributed by atoms with Crippen LogP contribution < -0.4 is 5.32 Å². The number of hydrogen-bond donors (Lipinski definition) is 2. The Labute approximate surface area is 146 Å². The molecule has 0 radical (unpaired) electrons. The van der Waals surface area contributed by atoms with Gasteiger partial charge < -0.3 is 10.3 Å². The number of amides is 1. The number of carbonyl (C=O) groups is 1. The summed E-state index contributed by atoms with van der Waals surface area (Å²) >= 11 is 7.17. The molecule has 0 saturated heterocycles. The number of aromatic nitrogens is 3. The van der Waals surface area contributed by atoms with E-state index in [1.807, 2.05) is 30.3 Å². The van der Waals surface area contributed by atoms with Gasteiger partial charge in [-0.2, -0.15) is 0 Å². The summed E-state index contributed by atoms with van der Waals surface area (Å²) in [5.74, 6) is 0.560. The maximum atomic E-state index is 12.2. The van der Waals surface area contributed by atoms with Crippen molar-refractivity contribution in [3.63, 3.8) is 0 Å². The van der Waals surface area contributed by atoms with Crippen LogP contribution in [0.1, 0.15) is 9.67 Å². The number of hydrogen-bond acceptors (Lipinski definition) is 4. The number of halogens is 1. The van der Waals surface area contributed by atoms with Crippen molar-refractivity contribution in [1.29, 1.82) is 0 Å². The van der Waals surface area contributed by atoms with Gasteiger partial charge in [-0.3, -0.25) is 9.78 Å². The van der Waals surface area contributed by atoms with Crippen LogP contribution in [0.15, 0.2) is 54.2 Å². The van der Waals surface area contributed by atoms with E-state index < -0.39 is 0 Å². The second kappa shape index (κ2) is 6.07. The van der Waals surface area contributed by atoms with E-state index >= 15 is 0 Å². The molecule has 0 fully saturated rings. The monoisotopic (exact) mass is 354 g/mol. The number of anilines is 1. The lowest BCUT2D eigenvalue weighted by Crippen LogP contribution is -2.09. The zero-order valence-electron chi connectivity index (χ0n) is 12.3. The van der Waals surface area contributed by atoms with Crippen molar-refractivity contribution >= 4 is 45.6 Å². The third-order valence-electron chi connectivity index (χ3n) is 3.47. The second-order valence-electron chi connectivity index (χ2n) is 5.14. The maximum Gasteiger partial charge on any atom is 0.265 e. The second-order valence-corrected chi connectivity index (χ2v) is 6.49. The van der Waals surface area contributed by atoms with Gasteiger partial charge in [0.15, 0.2) is 0 Å². The molecule has 4 rings (SSSR count). The van der Waals surface area contributed by atoms with E-state index in [1.165, 1.54) is 11.3 Å². The Morgan fingerprint density at radius 3 is 2.92 bits per heavy atom. The van der Waals surface area contributed by atoms with E-state index in [2.05, 4.69) is 20.3 Å². The summed E-state index contributed by atoms with van der Waals surface area (Å²) in [6.45, 7) is 0. The van der Waals surface area contributed by atoms with Crippen LogP contribution in [0.25, 0.3) is 22.4 Å². The third-order valence-corrected chi connectivity index (χ3v) is 4.74. The van der Waals surface area contributed by atoms with Gasteiger partial charge in [-0.05, 0) is 36.4 Å². The molecule has 1 aromatic carbocycles. The number of nitrogens with one attached hydrogen (secondary N) is 2. The van der Waals surface area contributed by atoms with Crippen LogP contribution in [-0.2, 0) is 0 Å². The van der Waals surface area contributed by atoms with Crippen molar-refractivity contribution in [2.75, 3.05) is 5.32 Å². The summed E-state index contributed by atoms with van der Waals surface area (Å²) in [6, 6.07) is 11.0. The normalized spacial score (nSPS) is 10.9. The number of carbonyl (C=O) groups excluding carboxylic acids is 1. The van der Waals surface area contributed by atoms with Gasteiger partial charge in [-0.1, -0.05) is 11.6 Å². The number of rotatable bonds is 3. The highest BCUT2D eigenvalue weighted by Gasteiger charge is 2.11. The van der Waals surface area contributed by atoms with Gasteiger partial charge in [0, 0.05) is 29.0 Å². The first-order valence-electron chi connectivity index (χ1n) is 7.14. The first kappa shape index (κ1) is 14.9. The SMILES string of the molecule is O=C(Nc1ccc2nc(-c3cccnc3)[nH]c2c1)c1cc(Cl)cs1. The standard InChI is InChI=1S/C17H11ClN4OS/c18-11-6-15(24-9-11)17(23)20-12-3-4-13-14(7-12)22-16(21-13)10-2-1-5-19-8-10/h1-9H,(H,20,23)(H,21,22). The number of pyridine rings is 1. The Balaban J connectivity index is 1.62. The van der Waals surface area contributed by atoms with Gasteiger partial charge in [-0.15, -0.1) is 11.3 Å². The number of benzene rings is 1. The average molecular weight is 355 g/mol. The maximum absolute atomic E-state index is 12.2. The Kier molecular flexibility index (Phi) is 3.76. The molecule has 4 aromatic rings. The topological polar surface area (TPSA) is 70.7 Å². The predicted octanol–water partition coefficient (Wildman–Crippen LogP) is 4.59. The van der Waals surface area contributed by atoms with E-state index in [9.17, 15) is 4.79 Å². The molecule has 5 nitrogen and oxygen atoms in total. The molecule has 0 aliphatic rings.